The van der Waals surface area contributed by atoms with Gasteiger partial charge in [-0.15, -0.1) is 0 Å². The fraction of sp³-hybridized carbons (Fsp3) is 0.0625. The van der Waals surface area contributed by atoms with E-state index in [-0.39, 0.29) is 27.2 Å². The molecule has 2 rings (SSSR count). The zero-order valence-electron chi connectivity index (χ0n) is 13.7. The maximum absolute atomic E-state index is 11.8. The standard InChI is InChI=1S/C16H12Cl2N4O5/c1-27-14-3-2-9(4-13(14)22(25)26)8-19-21-16(24)15(23)20-12-6-10(17)5-11(18)7-12/h2-8H,1H3,(H,20,23)(H,21,24)/b19-8-. The number of carbonyl (C=O) groups excluding carboxylic acids is 2. The van der Waals surface area contributed by atoms with Crippen molar-refractivity contribution in [2.45, 2.75) is 0 Å². The number of nitro groups is 1. The number of methoxy groups -OCH3 is 1. The first kappa shape index (κ1) is 20.1. The molecule has 11 heteroatoms. The van der Waals surface area contributed by atoms with Crippen LogP contribution in [0.3, 0.4) is 0 Å². The van der Waals surface area contributed by atoms with Crippen molar-refractivity contribution in [1.29, 1.82) is 0 Å². The van der Waals surface area contributed by atoms with Crippen LogP contribution in [0.25, 0.3) is 0 Å². The SMILES string of the molecule is COc1ccc(/C=N\NC(=O)C(=O)Nc2cc(Cl)cc(Cl)c2)cc1[N+](=O)[O-]. The Morgan fingerprint density at radius 2 is 1.81 bits per heavy atom. The number of hydrogen-bond acceptors (Lipinski definition) is 6. The Hall–Kier alpha value is -3.17. The molecule has 2 N–H and O–H groups in total. The third-order valence-electron chi connectivity index (χ3n) is 3.11. The highest BCUT2D eigenvalue weighted by molar-refractivity contribution is 6.40. The molecule has 140 valence electrons. The summed E-state index contributed by atoms with van der Waals surface area (Å²) in [6.07, 6.45) is 1.15. The summed E-state index contributed by atoms with van der Waals surface area (Å²) in [5, 5.41) is 17.4. The minimum absolute atomic E-state index is 0.0840. The molecule has 9 nitrogen and oxygen atoms in total. The zero-order valence-corrected chi connectivity index (χ0v) is 15.2. The summed E-state index contributed by atoms with van der Waals surface area (Å²) in [6.45, 7) is 0. The topological polar surface area (TPSA) is 123 Å². The predicted octanol–water partition coefficient (Wildman–Crippen LogP) is 3.00. The number of hydrogen-bond donors (Lipinski definition) is 2. The average molecular weight is 411 g/mol. The zero-order chi connectivity index (χ0) is 20.0. The fourth-order valence-corrected chi connectivity index (χ4v) is 2.49. The van der Waals surface area contributed by atoms with Gasteiger partial charge in [0.25, 0.3) is 0 Å². The number of ether oxygens (including phenoxy) is 1. The first-order valence-corrected chi connectivity index (χ1v) is 7.98. The van der Waals surface area contributed by atoms with Gasteiger partial charge in [-0.05, 0) is 30.3 Å². The van der Waals surface area contributed by atoms with Crippen molar-refractivity contribution in [1.82, 2.24) is 5.43 Å². The minimum Gasteiger partial charge on any atom is -0.490 e. The van der Waals surface area contributed by atoms with E-state index in [0.29, 0.717) is 5.56 Å². The summed E-state index contributed by atoms with van der Waals surface area (Å²) in [7, 11) is 1.31. The molecule has 0 aromatic heterocycles. The van der Waals surface area contributed by atoms with E-state index < -0.39 is 16.7 Å². The van der Waals surface area contributed by atoms with Crippen LogP contribution >= 0.6 is 23.2 Å². The lowest BCUT2D eigenvalue weighted by atomic mass is 10.2. The molecule has 0 atom stereocenters. The molecule has 0 aliphatic rings. The number of nitrogens with one attached hydrogen (secondary N) is 2. The van der Waals surface area contributed by atoms with Gasteiger partial charge >= 0.3 is 17.5 Å². The second-order valence-corrected chi connectivity index (χ2v) is 5.87. The van der Waals surface area contributed by atoms with E-state index in [2.05, 4.69) is 10.4 Å². The lowest BCUT2D eigenvalue weighted by molar-refractivity contribution is -0.385. The van der Waals surface area contributed by atoms with Gasteiger partial charge in [-0.25, -0.2) is 5.43 Å². The van der Waals surface area contributed by atoms with E-state index in [1.54, 1.807) is 0 Å². The Morgan fingerprint density at radius 1 is 1.15 bits per heavy atom. The molecule has 0 unspecified atom stereocenters. The van der Waals surface area contributed by atoms with Crippen molar-refractivity contribution in [3.63, 3.8) is 0 Å². The third kappa shape index (κ3) is 5.66. The van der Waals surface area contributed by atoms with E-state index in [1.165, 1.54) is 43.5 Å². The van der Waals surface area contributed by atoms with Gasteiger partial charge in [-0.3, -0.25) is 19.7 Å². The van der Waals surface area contributed by atoms with E-state index in [9.17, 15) is 19.7 Å². The van der Waals surface area contributed by atoms with Gasteiger partial charge in [0, 0.05) is 27.4 Å². The van der Waals surface area contributed by atoms with Crippen LogP contribution in [0, 0.1) is 10.1 Å². The molecule has 0 heterocycles. The summed E-state index contributed by atoms with van der Waals surface area (Å²) < 4.78 is 4.88. The number of nitro benzene ring substituents is 1. The van der Waals surface area contributed by atoms with Crippen LogP contribution in [-0.4, -0.2) is 30.1 Å². The molecule has 2 amide bonds. The highest BCUT2D eigenvalue weighted by Gasteiger charge is 2.15. The monoisotopic (exact) mass is 410 g/mol. The smallest absolute Gasteiger partial charge is 0.329 e. The van der Waals surface area contributed by atoms with Crippen molar-refractivity contribution in [3.05, 3.63) is 62.1 Å². The average Bonchev–Trinajstić information content (AvgIpc) is 2.60. The van der Waals surface area contributed by atoms with Crippen molar-refractivity contribution in [2.24, 2.45) is 5.10 Å². The van der Waals surface area contributed by atoms with Crippen LogP contribution in [0.5, 0.6) is 5.75 Å². The molecule has 0 bridgehead atoms. The number of rotatable bonds is 5. The van der Waals surface area contributed by atoms with Gasteiger partial charge in [0.2, 0.25) is 0 Å². The molecular weight excluding hydrogens is 399 g/mol. The van der Waals surface area contributed by atoms with Crippen LogP contribution in [0.2, 0.25) is 10.0 Å². The molecule has 2 aromatic carbocycles. The van der Waals surface area contributed by atoms with Gasteiger partial charge in [0.1, 0.15) is 0 Å². The molecule has 0 spiro atoms. The summed E-state index contributed by atoms with van der Waals surface area (Å²) in [4.78, 5) is 33.9. The first-order chi connectivity index (χ1) is 12.8. The van der Waals surface area contributed by atoms with E-state index in [4.69, 9.17) is 27.9 Å². The lowest BCUT2D eigenvalue weighted by Crippen LogP contribution is -2.32. The van der Waals surface area contributed by atoms with Crippen LogP contribution in [0.15, 0.2) is 41.5 Å². The molecule has 0 saturated heterocycles. The second-order valence-electron chi connectivity index (χ2n) is 5.00. The Balaban J connectivity index is 2.01. The van der Waals surface area contributed by atoms with Crippen LogP contribution in [0.4, 0.5) is 11.4 Å². The summed E-state index contributed by atoms with van der Waals surface area (Å²) in [5.74, 6) is -1.96. The van der Waals surface area contributed by atoms with Gasteiger partial charge in [-0.1, -0.05) is 23.2 Å². The van der Waals surface area contributed by atoms with E-state index >= 15 is 0 Å². The van der Waals surface area contributed by atoms with Crippen molar-refractivity contribution in [2.75, 3.05) is 12.4 Å². The quantitative estimate of drug-likeness (QED) is 0.339. The van der Waals surface area contributed by atoms with Crippen molar-refractivity contribution >= 4 is 52.6 Å². The number of carbonyl (C=O) groups is 2. The third-order valence-corrected chi connectivity index (χ3v) is 3.54. The number of nitrogens with zero attached hydrogens (tertiary/aromatic N) is 2. The van der Waals surface area contributed by atoms with Crippen molar-refractivity contribution in [3.8, 4) is 5.75 Å². The molecule has 0 radical (unpaired) electrons. The Morgan fingerprint density at radius 3 is 2.41 bits per heavy atom. The van der Waals surface area contributed by atoms with Crippen LogP contribution in [0.1, 0.15) is 5.56 Å². The summed E-state index contributed by atoms with van der Waals surface area (Å²) in [6, 6.07) is 8.39. The summed E-state index contributed by atoms with van der Waals surface area (Å²) in [5.41, 5.74) is 2.31. The maximum atomic E-state index is 11.8. The van der Waals surface area contributed by atoms with Gasteiger partial charge < -0.3 is 10.1 Å². The molecular formula is C16H12Cl2N4O5. The molecule has 0 aliphatic carbocycles. The number of halogens is 2. The van der Waals surface area contributed by atoms with Crippen molar-refractivity contribution < 1.29 is 19.2 Å². The molecule has 27 heavy (non-hydrogen) atoms. The van der Waals surface area contributed by atoms with Gasteiger partial charge in [0.15, 0.2) is 5.75 Å². The normalized spacial score (nSPS) is 10.5. The minimum atomic E-state index is -1.05. The Kier molecular flexibility index (Phi) is 6.69. The second kappa shape index (κ2) is 8.97. The fourth-order valence-electron chi connectivity index (χ4n) is 1.96. The van der Waals surface area contributed by atoms with Gasteiger partial charge in [0.05, 0.1) is 18.2 Å². The van der Waals surface area contributed by atoms with Crippen LogP contribution < -0.4 is 15.5 Å². The first-order valence-electron chi connectivity index (χ1n) is 7.23. The largest absolute Gasteiger partial charge is 0.490 e. The molecule has 2 aromatic rings. The highest BCUT2D eigenvalue weighted by atomic mass is 35.5. The lowest BCUT2D eigenvalue weighted by Gasteiger charge is -2.05. The highest BCUT2D eigenvalue weighted by Crippen LogP contribution is 2.26. The Bertz CT molecular complexity index is 913. The number of hydrazone groups is 1. The predicted molar refractivity (Wildman–Crippen MR) is 100 cm³/mol. The van der Waals surface area contributed by atoms with E-state index in [1.807, 2.05) is 5.43 Å². The number of anilines is 1. The van der Waals surface area contributed by atoms with Crippen LogP contribution in [-0.2, 0) is 9.59 Å². The number of benzene rings is 2. The Labute approximate surface area is 163 Å². The molecule has 0 saturated carbocycles. The molecule has 0 fully saturated rings. The number of amides is 2. The van der Waals surface area contributed by atoms with E-state index in [0.717, 1.165) is 6.21 Å². The molecule has 0 aliphatic heterocycles. The van der Waals surface area contributed by atoms with Gasteiger partial charge in [-0.2, -0.15) is 5.10 Å². The maximum Gasteiger partial charge on any atom is 0.329 e. The summed E-state index contributed by atoms with van der Waals surface area (Å²) >= 11 is 11.6.